The fourth-order valence-corrected chi connectivity index (χ4v) is 3.23. The molecule has 0 saturated heterocycles. The number of rotatable bonds is 5. The normalized spacial score (nSPS) is 20.0. The third-order valence-corrected chi connectivity index (χ3v) is 4.56. The molecule has 0 saturated carbocycles. The second-order valence-electron chi connectivity index (χ2n) is 8.30. The van der Waals surface area contributed by atoms with E-state index in [0.717, 1.165) is 29.9 Å². The van der Waals surface area contributed by atoms with Gasteiger partial charge < -0.3 is 20.2 Å². The minimum Gasteiger partial charge on any atom is -0.466 e. The lowest BCUT2D eigenvalue weighted by molar-refractivity contribution is 0.194. The van der Waals surface area contributed by atoms with Gasteiger partial charge >= 0.3 is 6.03 Å². The zero-order valence-corrected chi connectivity index (χ0v) is 15.0. The van der Waals surface area contributed by atoms with Crippen LogP contribution in [-0.4, -0.2) is 24.3 Å². The number of hydrogen-bond acceptors (Lipinski definition) is 3. The number of carbonyl (C=O) groups excluding carboxylic acids is 1. The zero-order chi connectivity index (χ0) is 17.3. The SMILES string of the molecule is Cc1cc2c(o1)CC(C)(C)CC2NC(=O)NCC(C)(C)CCO. The van der Waals surface area contributed by atoms with Gasteiger partial charge in [0, 0.05) is 25.1 Å². The van der Waals surface area contributed by atoms with E-state index in [1.807, 2.05) is 26.8 Å². The van der Waals surface area contributed by atoms with Crippen LogP contribution in [0.4, 0.5) is 4.79 Å². The molecule has 0 aliphatic heterocycles. The van der Waals surface area contributed by atoms with Crippen LogP contribution in [0.2, 0.25) is 0 Å². The van der Waals surface area contributed by atoms with Gasteiger partial charge in [-0.15, -0.1) is 0 Å². The predicted molar refractivity (Wildman–Crippen MR) is 90.3 cm³/mol. The fourth-order valence-electron chi connectivity index (χ4n) is 3.23. The predicted octanol–water partition coefficient (Wildman–Crippen LogP) is 3.31. The van der Waals surface area contributed by atoms with E-state index in [0.29, 0.717) is 13.0 Å². The van der Waals surface area contributed by atoms with Crippen molar-refractivity contribution in [3.63, 3.8) is 0 Å². The maximum atomic E-state index is 12.3. The highest BCUT2D eigenvalue weighted by atomic mass is 16.3. The molecule has 0 radical (unpaired) electrons. The maximum Gasteiger partial charge on any atom is 0.315 e. The average Bonchev–Trinajstić information content (AvgIpc) is 2.75. The van der Waals surface area contributed by atoms with Gasteiger partial charge in [-0.25, -0.2) is 4.79 Å². The molecule has 3 N–H and O–H groups in total. The van der Waals surface area contributed by atoms with Gasteiger partial charge in [-0.1, -0.05) is 27.7 Å². The Hall–Kier alpha value is -1.49. The van der Waals surface area contributed by atoms with Crippen molar-refractivity contribution in [2.24, 2.45) is 10.8 Å². The monoisotopic (exact) mass is 322 g/mol. The second kappa shape index (κ2) is 6.56. The summed E-state index contributed by atoms with van der Waals surface area (Å²) in [7, 11) is 0. The van der Waals surface area contributed by atoms with Crippen LogP contribution in [0.25, 0.3) is 0 Å². The summed E-state index contributed by atoms with van der Waals surface area (Å²) in [5, 5.41) is 15.1. The summed E-state index contributed by atoms with van der Waals surface area (Å²) >= 11 is 0. The van der Waals surface area contributed by atoms with E-state index in [2.05, 4.69) is 24.5 Å². The van der Waals surface area contributed by atoms with Crippen LogP contribution in [-0.2, 0) is 6.42 Å². The van der Waals surface area contributed by atoms with Gasteiger partial charge in [0.05, 0.1) is 6.04 Å². The summed E-state index contributed by atoms with van der Waals surface area (Å²) in [5.74, 6) is 1.88. The first kappa shape index (κ1) is 17.9. The summed E-state index contributed by atoms with van der Waals surface area (Å²) < 4.78 is 5.80. The molecule has 2 rings (SSSR count). The van der Waals surface area contributed by atoms with E-state index in [9.17, 15) is 4.79 Å². The Kier molecular flexibility index (Phi) is 5.09. The molecule has 2 amide bonds. The number of hydrogen-bond donors (Lipinski definition) is 3. The largest absolute Gasteiger partial charge is 0.466 e. The lowest BCUT2D eigenvalue weighted by Gasteiger charge is -2.35. The Bertz CT molecular complexity index is 561. The Labute approximate surface area is 138 Å². The lowest BCUT2D eigenvalue weighted by Crippen LogP contribution is -2.44. The van der Waals surface area contributed by atoms with Gasteiger partial charge in [0.2, 0.25) is 0 Å². The molecular weight excluding hydrogens is 292 g/mol. The van der Waals surface area contributed by atoms with E-state index in [4.69, 9.17) is 9.52 Å². The molecule has 0 spiro atoms. The number of aliphatic hydroxyl groups is 1. The first-order valence-corrected chi connectivity index (χ1v) is 8.36. The van der Waals surface area contributed by atoms with Crippen LogP contribution in [0.1, 0.15) is 63.7 Å². The van der Waals surface area contributed by atoms with Gasteiger partial charge in [0.1, 0.15) is 11.5 Å². The van der Waals surface area contributed by atoms with E-state index in [1.165, 1.54) is 0 Å². The van der Waals surface area contributed by atoms with Crippen LogP contribution < -0.4 is 10.6 Å². The van der Waals surface area contributed by atoms with E-state index < -0.39 is 0 Å². The molecule has 0 aromatic carbocycles. The maximum absolute atomic E-state index is 12.3. The number of fused-ring (bicyclic) bond motifs is 1. The standard InChI is InChI=1S/C18H30N2O3/c1-12-8-13-14(9-18(4,5)10-15(13)23-12)20-16(22)19-11-17(2,3)6-7-21/h8,14,21H,6-7,9-11H2,1-5H3,(H2,19,20,22). The average molecular weight is 322 g/mol. The Morgan fingerprint density at radius 2 is 2.17 bits per heavy atom. The minimum absolute atomic E-state index is 0.0212. The summed E-state index contributed by atoms with van der Waals surface area (Å²) in [6.45, 7) is 11.1. The number of amides is 2. The first-order valence-electron chi connectivity index (χ1n) is 8.36. The number of aliphatic hydroxyl groups excluding tert-OH is 1. The number of nitrogens with one attached hydrogen (secondary N) is 2. The van der Waals surface area contributed by atoms with Crippen molar-refractivity contribution in [1.29, 1.82) is 0 Å². The molecule has 5 heteroatoms. The smallest absolute Gasteiger partial charge is 0.315 e. The highest BCUT2D eigenvalue weighted by Gasteiger charge is 2.35. The number of urea groups is 1. The number of furan rings is 1. The first-order chi connectivity index (χ1) is 10.6. The van der Waals surface area contributed by atoms with E-state index in [1.54, 1.807) is 0 Å². The van der Waals surface area contributed by atoms with Crippen molar-refractivity contribution in [2.45, 2.75) is 59.9 Å². The third kappa shape index (κ3) is 4.74. The zero-order valence-electron chi connectivity index (χ0n) is 15.0. The molecule has 1 aliphatic carbocycles. The quantitative estimate of drug-likeness (QED) is 0.778. The van der Waals surface area contributed by atoms with Gasteiger partial charge in [0.25, 0.3) is 0 Å². The van der Waals surface area contributed by atoms with Crippen molar-refractivity contribution in [2.75, 3.05) is 13.2 Å². The summed E-state index contributed by atoms with van der Waals surface area (Å²) in [4.78, 5) is 12.3. The Morgan fingerprint density at radius 1 is 1.48 bits per heavy atom. The molecule has 1 heterocycles. The van der Waals surface area contributed by atoms with Crippen molar-refractivity contribution < 1.29 is 14.3 Å². The number of aryl methyl sites for hydroxylation is 1. The van der Waals surface area contributed by atoms with Crippen LogP contribution in [0.15, 0.2) is 10.5 Å². The molecule has 1 aliphatic rings. The Morgan fingerprint density at radius 3 is 2.83 bits per heavy atom. The molecule has 0 fully saturated rings. The molecule has 0 bridgehead atoms. The van der Waals surface area contributed by atoms with Gasteiger partial charge in [-0.2, -0.15) is 0 Å². The van der Waals surface area contributed by atoms with Gasteiger partial charge in [-0.05, 0) is 36.7 Å². The van der Waals surface area contributed by atoms with Crippen LogP contribution in [0, 0.1) is 17.8 Å². The molecule has 130 valence electrons. The van der Waals surface area contributed by atoms with Crippen molar-refractivity contribution >= 4 is 6.03 Å². The number of carbonyl (C=O) groups is 1. The van der Waals surface area contributed by atoms with Crippen molar-refractivity contribution in [1.82, 2.24) is 10.6 Å². The topological polar surface area (TPSA) is 74.5 Å². The van der Waals surface area contributed by atoms with Crippen LogP contribution in [0.3, 0.4) is 0 Å². The fraction of sp³-hybridized carbons (Fsp3) is 0.722. The molecule has 1 unspecified atom stereocenters. The minimum atomic E-state index is -0.163. The third-order valence-electron chi connectivity index (χ3n) is 4.56. The van der Waals surface area contributed by atoms with Crippen molar-refractivity contribution in [3.05, 3.63) is 23.2 Å². The molecule has 23 heavy (non-hydrogen) atoms. The van der Waals surface area contributed by atoms with Crippen LogP contribution in [0.5, 0.6) is 0 Å². The van der Waals surface area contributed by atoms with Gasteiger partial charge in [-0.3, -0.25) is 0 Å². The van der Waals surface area contributed by atoms with E-state index in [-0.39, 0.29) is 29.5 Å². The summed E-state index contributed by atoms with van der Waals surface area (Å²) in [6.07, 6.45) is 2.46. The molecule has 1 atom stereocenters. The van der Waals surface area contributed by atoms with Gasteiger partial charge in [0.15, 0.2) is 0 Å². The summed E-state index contributed by atoms with van der Waals surface area (Å²) in [5.41, 5.74) is 1.09. The van der Waals surface area contributed by atoms with Crippen LogP contribution >= 0.6 is 0 Å². The second-order valence-corrected chi connectivity index (χ2v) is 8.30. The summed E-state index contributed by atoms with van der Waals surface area (Å²) in [6, 6.07) is 1.85. The molecule has 5 nitrogen and oxygen atoms in total. The Balaban J connectivity index is 2.00. The lowest BCUT2D eigenvalue weighted by atomic mass is 9.75. The highest BCUT2D eigenvalue weighted by Crippen LogP contribution is 2.41. The molecular formula is C18H30N2O3. The molecule has 1 aromatic rings. The van der Waals surface area contributed by atoms with Crippen molar-refractivity contribution in [3.8, 4) is 0 Å². The highest BCUT2D eigenvalue weighted by molar-refractivity contribution is 5.74. The van der Waals surface area contributed by atoms with E-state index >= 15 is 0 Å². The molecule has 1 aromatic heterocycles.